The fraction of sp³-hybridized carbons (Fsp3) is 0.462. The predicted molar refractivity (Wildman–Crippen MR) is 69.4 cm³/mol. The molecule has 0 radical (unpaired) electrons. The summed E-state index contributed by atoms with van der Waals surface area (Å²) in [5.41, 5.74) is 2.69. The molecule has 2 aliphatic heterocycles. The van der Waals surface area contributed by atoms with E-state index in [0.29, 0.717) is 0 Å². The number of rotatable bonds is 1. The summed E-state index contributed by atoms with van der Waals surface area (Å²) < 4.78 is 0. The number of aryl methyl sites for hydroxylation is 1. The summed E-state index contributed by atoms with van der Waals surface area (Å²) in [6.45, 7) is 0.769. The highest BCUT2D eigenvalue weighted by Gasteiger charge is 2.27. The molecule has 2 heterocycles. The Balaban J connectivity index is 1.87. The number of amides is 2. The third-order valence-electron chi connectivity index (χ3n) is 3.44. The van der Waals surface area contributed by atoms with Gasteiger partial charge in [-0.15, -0.1) is 11.8 Å². The molecule has 17 heavy (non-hydrogen) atoms. The van der Waals surface area contributed by atoms with Crippen molar-refractivity contribution in [1.29, 1.82) is 0 Å². The second-order valence-electron chi connectivity index (χ2n) is 4.70. The maximum Gasteiger partial charge on any atom is 0.317 e. The first-order valence-corrected chi connectivity index (χ1v) is 7.00. The topological polar surface area (TPSA) is 32.3 Å². The molecule has 0 saturated carbocycles. The molecule has 1 fully saturated rings. The third kappa shape index (κ3) is 2.02. The Bertz CT molecular complexity index is 461. The lowest BCUT2D eigenvalue weighted by atomic mass is 10.0. The molecule has 0 spiro atoms. The van der Waals surface area contributed by atoms with Gasteiger partial charge in [-0.1, -0.05) is 12.1 Å². The zero-order chi connectivity index (χ0) is 11.8. The van der Waals surface area contributed by atoms with Gasteiger partial charge < -0.3 is 10.2 Å². The number of nitrogens with zero attached hydrogens (tertiary/aromatic N) is 1. The molecule has 90 valence electrons. The first kappa shape index (κ1) is 11.0. The van der Waals surface area contributed by atoms with Crippen molar-refractivity contribution < 1.29 is 4.79 Å². The molecule has 3 nitrogen and oxygen atoms in total. The number of benzene rings is 1. The molecule has 0 aliphatic carbocycles. The standard InChI is InChI=1S/C13H16N2OS/c1-15-8-11(14-13(15)16)9-4-5-12-10(7-9)3-2-6-17-12/h4-5,7,11H,2-3,6,8H2,1H3,(H,14,16). The maximum absolute atomic E-state index is 11.5. The normalized spacial score (nSPS) is 23.5. The minimum Gasteiger partial charge on any atom is -0.329 e. The average molecular weight is 248 g/mol. The zero-order valence-electron chi connectivity index (χ0n) is 9.90. The van der Waals surface area contributed by atoms with E-state index >= 15 is 0 Å². The second-order valence-corrected chi connectivity index (χ2v) is 5.84. The van der Waals surface area contributed by atoms with Crippen LogP contribution in [-0.2, 0) is 6.42 Å². The Labute approximate surface area is 106 Å². The number of likely N-dealkylation sites (N-methyl/N-ethyl adjacent to an activating group) is 1. The van der Waals surface area contributed by atoms with Crippen molar-refractivity contribution in [2.75, 3.05) is 19.3 Å². The molecule has 1 N–H and O–H groups in total. The van der Waals surface area contributed by atoms with Gasteiger partial charge in [0.2, 0.25) is 0 Å². The van der Waals surface area contributed by atoms with Gasteiger partial charge in [0.25, 0.3) is 0 Å². The van der Waals surface area contributed by atoms with Crippen molar-refractivity contribution in [2.24, 2.45) is 0 Å². The molecule has 0 aromatic heterocycles. The largest absolute Gasteiger partial charge is 0.329 e. The lowest BCUT2D eigenvalue weighted by molar-refractivity contribution is 0.226. The molecule has 3 rings (SSSR count). The summed E-state index contributed by atoms with van der Waals surface area (Å²) in [5.74, 6) is 1.23. The number of carbonyl (C=O) groups excluding carboxylic acids is 1. The van der Waals surface area contributed by atoms with Gasteiger partial charge in [0.1, 0.15) is 0 Å². The molecule has 4 heteroatoms. The van der Waals surface area contributed by atoms with Crippen LogP contribution in [0.15, 0.2) is 23.1 Å². The Morgan fingerprint density at radius 1 is 1.47 bits per heavy atom. The van der Waals surface area contributed by atoms with Crippen molar-refractivity contribution in [1.82, 2.24) is 10.2 Å². The molecule has 2 amide bonds. The van der Waals surface area contributed by atoms with Crippen molar-refractivity contribution in [3.05, 3.63) is 29.3 Å². The maximum atomic E-state index is 11.5. The number of carbonyl (C=O) groups is 1. The van der Waals surface area contributed by atoms with Crippen LogP contribution in [-0.4, -0.2) is 30.3 Å². The number of urea groups is 1. The van der Waals surface area contributed by atoms with Crippen molar-refractivity contribution in [2.45, 2.75) is 23.8 Å². The van der Waals surface area contributed by atoms with E-state index < -0.39 is 0 Å². The molecule has 0 bridgehead atoms. The molecule has 1 aromatic carbocycles. The number of hydrogen-bond donors (Lipinski definition) is 1. The van der Waals surface area contributed by atoms with E-state index in [1.54, 1.807) is 4.90 Å². The summed E-state index contributed by atoms with van der Waals surface area (Å²) in [7, 11) is 1.84. The highest BCUT2D eigenvalue weighted by atomic mass is 32.2. The van der Waals surface area contributed by atoms with E-state index in [2.05, 4.69) is 23.5 Å². The van der Waals surface area contributed by atoms with Crippen LogP contribution >= 0.6 is 11.8 Å². The SMILES string of the molecule is CN1CC(c2ccc3c(c2)CCCS3)NC1=O. The summed E-state index contributed by atoms with van der Waals surface area (Å²) >= 11 is 1.94. The molecule has 1 atom stereocenters. The Kier molecular flexibility index (Phi) is 2.74. The van der Waals surface area contributed by atoms with Crippen LogP contribution in [0, 0.1) is 0 Å². The lowest BCUT2D eigenvalue weighted by Gasteiger charge is -2.18. The fourth-order valence-corrected chi connectivity index (χ4v) is 3.47. The van der Waals surface area contributed by atoms with E-state index in [4.69, 9.17) is 0 Å². The van der Waals surface area contributed by atoms with Crippen LogP contribution in [0.4, 0.5) is 4.79 Å². The van der Waals surface area contributed by atoms with Crippen LogP contribution in [0.3, 0.4) is 0 Å². The highest BCUT2D eigenvalue weighted by Crippen LogP contribution is 2.32. The summed E-state index contributed by atoms with van der Waals surface area (Å²) in [5, 5.41) is 3.01. The predicted octanol–water partition coefficient (Wildman–Crippen LogP) is 2.42. The van der Waals surface area contributed by atoms with Crippen LogP contribution in [0.2, 0.25) is 0 Å². The van der Waals surface area contributed by atoms with Crippen molar-refractivity contribution in [3.8, 4) is 0 Å². The summed E-state index contributed by atoms with van der Waals surface area (Å²) in [6.07, 6.45) is 2.44. The van der Waals surface area contributed by atoms with Gasteiger partial charge in [0, 0.05) is 18.5 Å². The van der Waals surface area contributed by atoms with Gasteiger partial charge in [-0.2, -0.15) is 0 Å². The second kappa shape index (κ2) is 4.26. The van der Waals surface area contributed by atoms with E-state index in [1.165, 1.54) is 34.6 Å². The number of nitrogens with one attached hydrogen (secondary N) is 1. The molecule has 1 saturated heterocycles. The van der Waals surface area contributed by atoms with Gasteiger partial charge in [-0.25, -0.2) is 4.79 Å². The number of hydrogen-bond acceptors (Lipinski definition) is 2. The first-order chi connectivity index (χ1) is 8.24. The lowest BCUT2D eigenvalue weighted by Crippen LogP contribution is -2.24. The van der Waals surface area contributed by atoms with Gasteiger partial charge in [-0.3, -0.25) is 0 Å². The minimum absolute atomic E-state index is 0.0297. The van der Waals surface area contributed by atoms with Crippen molar-refractivity contribution >= 4 is 17.8 Å². The molecule has 1 unspecified atom stereocenters. The monoisotopic (exact) mass is 248 g/mol. The average Bonchev–Trinajstić information content (AvgIpc) is 2.69. The Morgan fingerprint density at radius 2 is 2.35 bits per heavy atom. The van der Waals surface area contributed by atoms with Crippen LogP contribution < -0.4 is 5.32 Å². The smallest absolute Gasteiger partial charge is 0.317 e. The molecule has 2 aliphatic rings. The van der Waals surface area contributed by atoms with E-state index in [9.17, 15) is 4.79 Å². The quantitative estimate of drug-likeness (QED) is 0.828. The first-order valence-electron chi connectivity index (χ1n) is 6.01. The minimum atomic E-state index is 0.0297. The van der Waals surface area contributed by atoms with Gasteiger partial charge in [0.05, 0.1) is 6.04 Å². The number of fused-ring (bicyclic) bond motifs is 1. The van der Waals surface area contributed by atoms with Crippen LogP contribution in [0.5, 0.6) is 0 Å². The highest BCUT2D eigenvalue weighted by molar-refractivity contribution is 7.99. The Hall–Kier alpha value is -1.16. The van der Waals surface area contributed by atoms with E-state index in [-0.39, 0.29) is 12.1 Å². The summed E-state index contributed by atoms with van der Waals surface area (Å²) in [6, 6.07) is 6.82. The molecule has 1 aromatic rings. The summed E-state index contributed by atoms with van der Waals surface area (Å²) in [4.78, 5) is 14.6. The van der Waals surface area contributed by atoms with Crippen LogP contribution in [0.25, 0.3) is 0 Å². The molecular weight excluding hydrogens is 232 g/mol. The van der Waals surface area contributed by atoms with Gasteiger partial charge >= 0.3 is 6.03 Å². The Morgan fingerprint density at radius 3 is 3.12 bits per heavy atom. The zero-order valence-corrected chi connectivity index (χ0v) is 10.7. The van der Waals surface area contributed by atoms with Gasteiger partial charge in [0.15, 0.2) is 0 Å². The number of thioether (sulfide) groups is 1. The van der Waals surface area contributed by atoms with E-state index in [0.717, 1.165) is 6.54 Å². The van der Waals surface area contributed by atoms with Crippen LogP contribution in [0.1, 0.15) is 23.6 Å². The third-order valence-corrected chi connectivity index (χ3v) is 4.64. The molecular formula is C13H16N2OS. The van der Waals surface area contributed by atoms with Crippen molar-refractivity contribution in [3.63, 3.8) is 0 Å². The van der Waals surface area contributed by atoms with Gasteiger partial charge in [-0.05, 0) is 35.8 Å². The fourth-order valence-electron chi connectivity index (χ4n) is 2.45. The van der Waals surface area contributed by atoms with E-state index in [1.807, 2.05) is 18.8 Å².